The summed E-state index contributed by atoms with van der Waals surface area (Å²) in [6.07, 6.45) is 12.7. The lowest BCUT2D eigenvalue weighted by Gasteiger charge is -2.72. The summed E-state index contributed by atoms with van der Waals surface area (Å²) in [6, 6.07) is 0. The van der Waals surface area contributed by atoms with Crippen molar-refractivity contribution in [3.8, 4) is 0 Å². The topological polar surface area (TPSA) is 37.3 Å². The summed E-state index contributed by atoms with van der Waals surface area (Å²) in [5, 5.41) is 10.9. The van der Waals surface area contributed by atoms with E-state index in [1.165, 1.54) is 38.5 Å². The Kier molecular flexibility index (Phi) is 4.71. The number of aliphatic hydroxyl groups excluding tert-OH is 1. The van der Waals surface area contributed by atoms with Gasteiger partial charge in [-0.3, -0.25) is 4.79 Å². The summed E-state index contributed by atoms with van der Waals surface area (Å²) < 4.78 is 0. The number of hydrogen-bond donors (Lipinski definition) is 1. The maximum atomic E-state index is 12.9. The minimum absolute atomic E-state index is 0.123. The highest BCUT2D eigenvalue weighted by molar-refractivity contribution is 5.85. The molecule has 0 radical (unpaired) electrons. The fourth-order valence-electron chi connectivity index (χ4n) is 10.5. The molecule has 0 heterocycles. The molecule has 1 N–H and O–H groups in total. The van der Waals surface area contributed by atoms with Crippen LogP contribution in [0, 0.1) is 50.2 Å². The largest absolute Gasteiger partial charge is 0.392 e. The molecule has 0 aromatic carbocycles. The van der Waals surface area contributed by atoms with Crippen molar-refractivity contribution in [1.29, 1.82) is 0 Å². The highest BCUT2D eigenvalue weighted by Crippen LogP contribution is 2.76. The SMILES string of the molecule is CC1(C)C=C2[C@H]3CC[C@@H]4[C@@]5(C)CCC(=O)C(C)(C)[C@@H]5CC[C@@]4(C)[C@]3(C)CC[C@@]2(C)C[C@H]1O. The number of rotatable bonds is 0. The van der Waals surface area contributed by atoms with Gasteiger partial charge >= 0.3 is 0 Å². The predicted octanol–water partition coefficient (Wildman–Crippen LogP) is 7.35. The number of aliphatic hydroxyl groups is 1. The Morgan fingerprint density at radius 3 is 2.19 bits per heavy atom. The quantitative estimate of drug-likeness (QED) is 0.400. The van der Waals surface area contributed by atoms with Gasteiger partial charge in [0.2, 0.25) is 0 Å². The van der Waals surface area contributed by atoms with Crippen LogP contribution in [0.15, 0.2) is 11.6 Å². The van der Waals surface area contributed by atoms with Crippen LogP contribution in [0.3, 0.4) is 0 Å². The number of fused-ring (bicyclic) bond motifs is 7. The highest BCUT2D eigenvalue weighted by atomic mass is 16.3. The van der Waals surface area contributed by atoms with E-state index in [1.807, 2.05) is 0 Å². The van der Waals surface area contributed by atoms with Gasteiger partial charge in [0.25, 0.3) is 0 Å². The molecule has 180 valence electrons. The van der Waals surface area contributed by atoms with Crippen LogP contribution in [0.1, 0.15) is 113 Å². The van der Waals surface area contributed by atoms with E-state index in [4.69, 9.17) is 0 Å². The Balaban J connectivity index is 1.57. The molecule has 0 aromatic heterocycles. The van der Waals surface area contributed by atoms with E-state index in [0.29, 0.717) is 28.4 Å². The van der Waals surface area contributed by atoms with Gasteiger partial charge in [0, 0.05) is 17.3 Å². The molecule has 2 heteroatoms. The number of hydrogen-bond acceptors (Lipinski definition) is 2. The van der Waals surface area contributed by atoms with Crippen LogP contribution in [0.5, 0.6) is 0 Å². The molecule has 5 aliphatic carbocycles. The number of carbonyl (C=O) groups is 1. The van der Waals surface area contributed by atoms with Gasteiger partial charge in [0.05, 0.1) is 6.10 Å². The van der Waals surface area contributed by atoms with E-state index in [0.717, 1.165) is 25.2 Å². The zero-order chi connectivity index (χ0) is 23.5. The second-order valence-corrected chi connectivity index (χ2v) is 15.0. The Morgan fingerprint density at radius 1 is 0.812 bits per heavy atom. The smallest absolute Gasteiger partial charge is 0.138 e. The molecule has 4 saturated carbocycles. The van der Waals surface area contributed by atoms with Crippen LogP contribution in [-0.2, 0) is 4.79 Å². The minimum Gasteiger partial charge on any atom is -0.392 e. The second kappa shape index (κ2) is 6.52. The normalized spacial score (nSPS) is 53.9. The lowest BCUT2D eigenvalue weighted by Crippen LogP contribution is -2.65. The van der Waals surface area contributed by atoms with Gasteiger partial charge in [0.15, 0.2) is 0 Å². The Bertz CT molecular complexity index is 866. The molecule has 2 nitrogen and oxygen atoms in total. The lowest BCUT2D eigenvalue weighted by molar-refractivity contribution is -0.212. The molecule has 0 aromatic rings. The second-order valence-electron chi connectivity index (χ2n) is 15.0. The molecule has 0 aliphatic heterocycles. The van der Waals surface area contributed by atoms with Crippen molar-refractivity contribution in [1.82, 2.24) is 0 Å². The molecule has 32 heavy (non-hydrogen) atoms. The van der Waals surface area contributed by atoms with Gasteiger partial charge in [-0.2, -0.15) is 0 Å². The standard InChI is InChI=1S/C30H48O2/c1-25(2)17-20-19-9-10-22-28(6)13-12-23(31)26(3,4)21(28)11-14-30(22,8)29(19,7)16-15-27(20,5)18-24(25)32/h17,19,21-22,24,32H,9-16,18H2,1-8H3/t19-,21+,22-,24-,27+,28+,29-,30-/m1/s1. The zero-order valence-electron chi connectivity index (χ0n) is 22.1. The van der Waals surface area contributed by atoms with Crippen LogP contribution in [0.2, 0.25) is 0 Å². The first-order valence-corrected chi connectivity index (χ1v) is 13.6. The van der Waals surface area contributed by atoms with Gasteiger partial charge in [-0.05, 0) is 90.8 Å². The first-order chi connectivity index (χ1) is 14.6. The van der Waals surface area contributed by atoms with Crippen molar-refractivity contribution in [2.75, 3.05) is 0 Å². The maximum Gasteiger partial charge on any atom is 0.138 e. The van der Waals surface area contributed by atoms with Gasteiger partial charge in [0.1, 0.15) is 5.78 Å². The summed E-state index contributed by atoms with van der Waals surface area (Å²) >= 11 is 0. The summed E-state index contributed by atoms with van der Waals surface area (Å²) in [4.78, 5) is 12.9. The van der Waals surface area contributed by atoms with Crippen LogP contribution >= 0.6 is 0 Å². The molecule has 5 rings (SSSR count). The van der Waals surface area contributed by atoms with Crippen molar-refractivity contribution in [3.63, 3.8) is 0 Å². The average molecular weight is 441 g/mol. The number of ketones is 1. The van der Waals surface area contributed by atoms with Gasteiger partial charge in [-0.15, -0.1) is 0 Å². The van der Waals surface area contributed by atoms with Crippen LogP contribution in [-0.4, -0.2) is 17.0 Å². The summed E-state index contributed by atoms with van der Waals surface area (Å²) in [6.45, 7) is 19.3. The summed E-state index contributed by atoms with van der Waals surface area (Å²) in [7, 11) is 0. The maximum absolute atomic E-state index is 12.9. The van der Waals surface area contributed by atoms with Crippen molar-refractivity contribution in [3.05, 3.63) is 11.6 Å². The van der Waals surface area contributed by atoms with Gasteiger partial charge in [-0.1, -0.05) is 67.0 Å². The molecule has 5 aliphatic rings. The summed E-state index contributed by atoms with van der Waals surface area (Å²) in [5.41, 5.74) is 2.51. The molecule has 0 saturated heterocycles. The van der Waals surface area contributed by atoms with E-state index < -0.39 is 0 Å². The third-order valence-electron chi connectivity index (χ3n) is 12.9. The fraction of sp³-hybridized carbons (Fsp3) is 0.900. The number of carbonyl (C=O) groups excluding carboxylic acids is 1. The van der Waals surface area contributed by atoms with E-state index >= 15 is 0 Å². The highest BCUT2D eigenvalue weighted by Gasteiger charge is 2.68. The third kappa shape index (κ3) is 2.65. The van der Waals surface area contributed by atoms with E-state index in [-0.39, 0.29) is 27.8 Å². The molecule has 0 bridgehead atoms. The third-order valence-corrected chi connectivity index (χ3v) is 12.9. The number of Topliss-reactive ketones (excluding diaryl/α,β-unsaturated/α-hetero) is 1. The van der Waals surface area contributed by atoms with E-state index in [1.54, 1.807) is 5.57 Å². The van der Waals surface area contributed by atoms with Crippen LogP contribution < -0.4 is 0 Å². The van der Waals surface area contributed by atoms with Crippen molar-refractivity contribution in [2.24, 2.45) is 50.2 Å². The van der Waals surface area contributed by atoms with E-state index in [9.17, 15) is 9.90 Å². The first kappa shape index (κ1) is 23.1. The monoisotopic (exact) mass is 440 g/mol. The Hall–Kier alpha value is -0.630. The zero-order valence-corrected chi connectivity index (χ0v) is 22.1. The van der Waals surface area contributed by atoms with Gasteiger partial charge < -0.3 is 5.11 Å². The van der Waals surface area contributed by atoms with Crippen molar-refractivity contribution < 1.29 is 9.90 Å². The average Bonchev–Trinajstić information content (AvgIpc) is 2.68. The van der Waals surface area contributed by atoms with Crippen LogP contribution in [0.25, 0.3) is 0 Å². The molecule has 0 spiro atoms. The van der Waals surface area contributed by atoms with E-state index in [2.05, 4.69) is 61.5 Å². The van der Waals surface area contributed by atoms with Gasteiger partial charge in [-0.25, -0.2) is 0 Å². The Labute approximate surface area is 197 Å². The fourth-order valence-corrected chi connectivity index (χ4v) is 10.5. The predicted molar refractivity (Wildman–Crippen MR) is 131 cm³/mol. The molecule has 4 fully saturated rings. The molecular weight excluding hydrogens is 392 g/mol. The molecule has 8 atom stereocenters. The molecule has 0 amide bonds. The minimum atomic E-state index is -0.233. The summed E-state index contributed by atoms with van der Waals surface area (Å²) in [5.74, 6) is 2.40. The Morgan fingerprint density at radius 2 is 1.50 bits per heavy atom. The molecular formula is C30H48O2. The first-order valence-electron chi connectivity index (χ1n) is 13.6. The van der Waals surface area contributed by atoms with Crippen molar-refractivity contribution >= 4 is 5.78 Å². The van der Waals surface area contributed by atoms with Crippen molar-refractivity contribution in [2.45, 2.75) is 119 Å². The number of allylic oxidation sites excluding steroid dienone is 1. The molecule has 0 unspecified atom stereocenters. The van der Waals surface area contributed by atoms with Crippen LogP contribution in [0.4, 0.5) is 0 Å². The lowest BCUT2D eigenvalue weighted by atomic mass is 9.32.